The topological polar surface area (TPSA) is 77.3 Å². The molecule has 0 aliphatic carbocycles. The molecule has 1 aromatic carbocycles. The summed E-state index contributed by atoms with van der Waals surface area (Å²) < 4.78 is 0. The fourth-order valence-corrected chi connectivity index (χ4v) is 1.80. The van der Waals surface area contributed by atoms with Crippen molar-refractivity contribution in [2.24, 2.45) is 10.3 Å². The Labute approximate surface area is 102 Å². The lowest BCUT2D eigenvalue weighted by Gasteiger charge is -2.01. The van der Waals surface area contributed by atoms with Gasteiger partial charge in [-0.3, -0.25) is 0 Å². The van der Waals surface area contributed by atoms with Crippen molar-refractivity contribution < 1.29 is 19.3 Å². The van der Waals surface area contributed by atoms with Gasteiger partial charge in [-0.1, -0.05) is 28.5 Å². The van der Waals surface area contributed by atoms with Gasteiger partial charge < -0.3 is 9.68 Å². The average molecular weight is 244 g/mol. The van der Waals surface area contributed by atoms with E-state index in [0.29, 0.717) is 11.4 Å². The van der Waals surface area contributed by atoms with Gasteiger partial charge in [0.1, 0.15) is 0 Å². The summed E-state index contributed by atoms with van der Waals surface area (Å²) in [4.78, 5) is 31.1. The summed E-state index contributed by atoms with van der Waals surface area (Å²) in [6.07, 6.45) is 0.316. The molecule has 0 saturated heterocycles. The molecule has 0 saturated carbocycles. The second kappa shape index (κ2) is 4.06. The average Bonchev–Trinajstić information content (AvgIpc) is 2.98. The van der Waals surface area contributed by atoms with Crippen LogP contribution in [0.25, 0.3) is 0 Å². The minimum atomic E-state index is -0.368. The Morgan fingerprint density at radius 3 is 1.78 bits per heavy atom. The number of hydrogen-bond acceptors (Lipinski definition) is 6. The summed E-state index contributed by atoms with van der Waals surface area (Å²) in [5.41, 5.74) is 2.71. The predicted octanol–water partition coefficient (Wildman–Crippen LogP) is 0.989. The van der Waals surface area contributed by atoms with E-state index in [1.165, 1.54) is 0 Å². The zero-order valence-corrected chi connectivity index (χ0v) is 9.25. The molecule has 90 valence electrons. The van der Waals surface area contributed by atoms with Gasteiger partial charge in [-0.05, 0) is 6.07 Å². The molecule has 6 nitrogen and oxygen atoms in total. The Balaban J connectivity index is 1.90. The van der Waals surface area contributed by atoms with E-state index in [9.17, 15) is 9.59 Å². The van der Waals surface area contributed by atoms with Crippen LogP contribution in [-0.4, -0.2) is 23.4 Å². The molecule has 0 fully saturated rings. The van der Waals surface area contributed by atoms with Crippen LogP contribution in [0.3, 0.4) is 0 Å². The van der Waals surface area contributed by atoms with Gasteiger partial charge in [-0.2, -0.15) is 0 Å². The number of benzene rings is 1. The lowest BCUT2D eigenvalue weighted by Crippen LogP contribution is -2.04. The van der Waals surface area contributed by atoms with Crippen LogP contribution in [-0.2, 0) is 19.3 Å². The Bertz CT molecular complexity index is 555. The molecule has 2 aliphatic rings. The molecule has 2 aliphatic heterocycles. The number of hydrogen-bond donors (Lipinski definition) is 0. The molecule has 0 radical (unpaired) electrons. The molecule has 0 amide bonds. The summed E-state index contributed by atoms with van der Waals surface area (Å²) in [6, 6.07) is 7.26. The van der Waals surface area contributed by atoms with Crippen LogP contribution in [0.15, 0.2) is 34.6 Å². The lowest BCUT2D eigenvalue weighted by molar-refractivity contribution is -0.140. The maximum atomic E-state index is 11.0. The molecule has 0 aromatic heterocycles. The first-order chi connectivity index (χ1) is 8.72. The quantitative estimate of drug-likeness (QED) is 0.727. The largest absolute Gasteiger partial charge is 0.341 e. The number of carbonyl (C=O) groups is 2. The van der Waals surface area contributed by atoms with Crippen molar-refractivity contribution >= 4 is 23.4 Å². The molecule has 18 heavy (non-hydrogen) atoms. The number of oxime groups is 2. The molecule has 6 heteroatoms. The molecule has 2 heterocycles. The fourth-order valence-electron chi connectivity index (χ4n) is 1.80. The van der Waals surface area contributed by atoms with Crippen LogP contribution in [0.2, 0.25) is 0 Å². The van der Waals surface area contributed by atoms with Crippen LogP contribution in [0.4, 0.5) is 0 Å². The van der Waals surface area contributed by atoms with E-state index in [1.807, 2.05) is 18.2 Å². The van der Waals surface area contributed by atoms with Crippen LogP contribution < -0.4 is 0 Å². The molecular formula is C12H8N2O4. The Hall–Kier alpha value is -2.50. The zero-order valence-electron chi connectivity index (χ0n) is 9.25. The summed E-state index contributed by atoms with van der Waals surface area (Å²) >= 11 is 0. The van der Waals surface area contributed by atoms with Crippen molar-refractivity contribution in [2.75, 3.05) is 0 Å². The third kappa shape index (κ3) is 1.88. The third-order valence-corrected chi connectivity index (χ3v) is 2.67. The van der Waals surface area contributed by atoms with Gasteiger partial charge >= 0.3 is 11.9 Å². The highest BCUT2D eigenvalue weighted by molar-refractivity contribution is 6.15. The van der Waals surface area contributed by atoms with E-state index in [2.05, 4.69) is 20.0 Å². The van der Waals surface area contributed by atoms with E-state index in [0.717, 1.165) is 11.1 Å². The van der Waals surface area contributed by atoms with Crippen molar-refractivity contribution in [3.63, 3.8) is 0 Å². The van der Waals surface area contributed by atoms with Crippen molar-refractivity contribution in [1.29, 1.82) is 0 Å². The summed E-state index contributed by atoms with van der Waals surface area (Å²) in [5, 5.41) is 7.40. The first-order valence-electron chi connectivity index (χ1n) is 5.36. The minimum absolute atomic E-state index is 0.158. The molecule has 0 unspecified atom stereocenters. The second-order valence-corrected chi connectivity index (χ2v) is 3.94. The smallest absolute Gasteiger partial charge is 0.318 e. The van der Waals surface area contributed by atoms with Crippen LogP contribution >= 0.6 is 0 Å². The van der Waals surface area contributed by atoms with Gasteiger partial charge in [0, 0.05) is 11.1 Å². The summed E-state index contributed by atoms with van der Waals surface area (Å²) in [6.45, 7) is 0. The number of rotatable bonds is 2. The van der Waals surface area contributed by atoms with Crippen molar-refractivity contribution in [3.8, 4) is 0 Å². The van der Waals surface area contributed by atoms with Crippen LogP contribution in [0.5, 0.6) is 0 Å². The molecule has 3 rings (SSSR count). The first kappa shape index (κ1) is 10.6. The van der Waals surface area contributed by atoms with Gasteiger partial charge in [0.2, 0.25) is 0 Å². The van der Waals surface area contributed by atoms with E-state index in [1.54, 1.807) is 6.07 Å². The third-order valence-electron chi connectivity index (χ3n) is 2.67. The molecular weight excluding hydrogens is 236 g/mol. The van der Waals surface area contributed by atoms with Gasteiger partial charge in [0.25, 0.3) is 0 Å². The maximum absolute atomic E-state index is 11.0. The molecule has 0 bridgehead atoms. The van der Waals surface area contributed by atoms with Crippen molar-refractivity contribution in [3.05, 3.63) is 35.4 Å². The highest BCUT2D eigenvalue weighted by Gasteiger charge is 2.22. The number of carbonyl (C=O) groups excluding carboxylic acids is 2. The summed E-state index contributed by atoms with van der Waals surface area (Å²) in [7, 11) is 0. The maximum Gasteiger partial charge on any atom is 0.341 e. The van der Waals surface area contributed by atoms with Gasteiger partial charge in [0.05, 0.1) is 24.3 Å². The predicted molar refractivity (Wildman–Crippen MR) is 60.9 cm³/mol. The van der Waals surface area contributed by atoms with E-state index in [4.69, 9.17) is 0 Å². The van der Waals surface area contributed by atoms with Gasteiger partial charge in [-0.15, -0.1) is 0 Å². The van der Waals surface area contributed by atoms with Crippen molar-refractivity contribution in [2.45, 2.75) is 12.8 Å². The van der Waals surface area contributed by atoms with E-state index >= 15 is 0 Å². The lowest BCUT2D eigenvalue weighted by atomic mass is 10.0. The highest BCUT2D eigenvalue weighted by atomic mass is 16.7. The Morgan fingerprint density at radius 2 is 1.39 bits per heavy atom. The summed E-state index contributed by atoms with van der Waals surface area (Å²) in [5.74, 6) is -0.737. The van der Waals surface area contributed by atoms with Crippen LogP contribution in [0.1, 0.15) is 24.0 Å². The van der Waals surface area contributed by atoms with Crippen LogP contribution in [0, 0.1) is 0 Å². The Kier molecular flexibility index (Phi) is 2.40. The standard InChI is InChI=1S/C12H8N2O4/c15-11-5-9(13-17-11)7-2-1-3-8(4-7)10-6-12(16)18-14-10/h1-4H,5-6H2. The monoisotopic (exact) mass is 244 g/mol. The van der Waals surface area contributed by atoms with Gasteiger partial charge in [0.15, 0.2) is 0 Å². The molecule has 1 aromatic rings. The molecule has 0 N–H and O–H groups in total. The van der Waals surface area contributed by atoms with E-state index in [-0.39, 0.29) is 24.8 Å². The SMILES string of the molecule is O=C1CC(c2cccc(C3=NOC(=O)C3)c2)=NO1. The molecule has 0 atom stereocenters. The van der Waals surface area contributed by atoms with Gasteiger partial charge in [-0.25, -0.2) is 9.59 Å². The van der Waals surface area contributed by atoms with E-state index < -0.39 is 0 Å². The number of nitrogens with zero attached hydrogens (tertiary/aromatic N) is 2. The highest BCUT2D eigenvalue weighted by Crippen LogP contribution is 2.17. The molecule has 0 spiro atoms. The second-order valence-electron chi connectivity index (χ2n) is 3.94. The fraction of sp³-hybridized carbons (Fsp3) is 0.167. The van der Waals surface area contributed by atoms with Crippen molar-refractivity contribution in [1.82, 2.24) is 0 Å². The first-order valence-corrected chi connectivity index (χ1v) is 5.36. The Morgan fingerprint density at radius 1 is 0.889 bits per heavy atom. The zero-order chi connectivity index (χ0) is 12.5. The normalized spacial score (nSPS) is 18.2. The minimum Gasteiger partial charge on any atom is -0.318 e.